The number of rotatable bonds is 4. The second-order valence-electron chi connectivity index (χ2n) is 10.7. The highest BCUT2D eigenvalue weighted by atomic mass is 32.2. The van der Waals surface area contributed by atoms with Crippen molar-refractivity contribution in [1.82, 2.24) is 14.6 Å². The van der Waals surface area contributed by atoms with Crippen molar-refractivity contribution in [3.8, 4) is 16.8 Å². The molecule has 5 rings (SSSR count). The van der Waals surface area contributed by atoms with Gasteiger partial charge in [-0.2, -0.15) is 44.6 Å². The predicted octanol–water partition coefficient (Wildman–Crippen LogP) is 6.01. The van der Waals surface area contributed by atoms with Crippen LogP contribution in [0.1, 0.15) is 37.5 Å². The van der Waals surface area contributed by atoms with Gasteiger partial charge in [-0.1, -0.05) is 39.0 Å². The first-order valence-electron chi connectivity index (χ1n) is 12.2. The third-order valence-corrected chi connectivity index (χ3v) is 7.83. The Balaban J connectivity index is 1.80. The van der Waals surface area contributed by atoms with Gasteiger partial charge in [-0.25, -0.2) is 0 Å². The van der Waals surface area contributed by atoms with Gasteiger partial charge in [0.05, 0.1) is 43.9 Å². The molecule has 0 unspecified atom stereocenters. The molecule has 0 aliphatic heterocycles. The van der Waals surface area contributed by atoms with E-state index in [1.54, 1.807) is 20.8 Å². The summed E-state index contributed by atoms with van der Waals surface area (Å²) in [5.41, 5.74) is -9.55. The summed E-state index contributed by atoms with van der Waals surface area (Å²) in [5.74, 6) is 0. The molecule has 0 aliphatic rings. The highest BCUT2D eigenvalue weighted by Crippen LogP contribution is 2.44. The fourth-order valence-corrected chi connectivity index (χ4v) is 5.73. The molecule has 0 saturated carbocycles. The summed E-state index contributed by atoms with van der Waals surface area (Å²) in [6.07, 6.45) is -10.3. The first-order valence-corrected chi connectivity index (χ1v) is 13.7. The second kappa shape index (κ2) is 9.65. The Kier molecular flexibility index (Phi) is 6.74. The normalized spacial score (nSPS) is 13.2. The lowest BCUT2D eigenvalue weighted by Gasteiger charge is -2.23. The maximum Gasteiger partial charge on any atom is 0.417 e. The van der Waals surface area contributed by atoms with E-state index in [4.69, 9.17) is 4.63 Å². The first-order chi connectivity index (χ1) is 20.2. The Morgan fingerprint density at radius 3 is 1.93 bits per heavy atom. The van der Waals surface area contributed by atoms with Gasteiger partial charge in [0.1, 0.15) is 4.90 Å². The van der Waals surface area contributed by atoms with Crippen LogP contribution in [0.3, 0.4) is 0 Å². The number of nitroso groups, excluding NO2 is 1. The Morgan fingerprint density at radius 1 is 0.841 bits per heavy atom. The second-order valence-corrected chi connectivity index (χ2v) is 12.1. The minimum absolute atomic E-state index is 0.148. The number of alkyl halides is 6. The smallest absolute Gasteiger partial charge is 0.286 e. The SMILES string of the molecule is CC(C)(C)c1ccc(-c2ccc(-n3o[nH]c4cc5c(c(S(=O)(=O)O)c4c3=O)c(=O)n5N=O)cc2C(F)(F)F)c(C(F)(F)F)c1. The standard InChI is InChI=1S/C26H18F6N4O7S/c1-24(2,3)11-4-6-13(15(8-11)25(27,28)29)14-7-5-12(9-16(14)26(30,31)32)36-23(38)19-17(33-43-36)10-18-20(21(19)44(40,41)42)22(37)35(18)34-39/h4-10,33H,1-3H3,(H,40,41,42). The summed E-state index contributed by atoms with van der Waals surface area (Å²) in [4.78, 5) is 35.4. The number of H-pyrrole nitrogens is 1. The van der Waals surface area contributed by atoms with Gasteiger partial charge in [0, 0.05) is 0 Å². The predicted molar refractivity (Wildman–Crippen MR) is 143 cm³/mol. The van der Waals surface area contributed by atoms with Crippen LogP contribution < -0.4 is 11.1 Å². The number of halogens is 6. The van der Waals surface area contributed by atoms with Gasteiger partial charge < -0.3 is 0 Å². The largest absolute Gasteiger partial charge is 0.417 e. The number of hydrogen-bond donors (Lipinski definition) is 2. The molecule has 2 N–H and O–H groups in total. The average Bonchev–Trinajstić information content (AvgIpc) is 2.90. The van der Waals surface area contributed by atoms with E-state index in [2.05, 4.69) is 10.4 Å². The summed E-state index contributed by atoms with van der Waals surface area (Å²) in [6, 6.07) is 5.67. The van der Waals surface area contributed by atoms with Crippen LogP contribution in [0.2, 0.25) is 0 Å². The zero-order valence-corrected chi connectivity index (χ0v) is 23.3. The molecule has 0 radical (unpaired) electrons. The number of aromatic nitrogens is 3. The zero-order valence-electron chi connectivity index (χ0n) is 22.5. The number of nitrogens with one attached hydrogen (secondary N) is 1. The van der Waals surface area contributed by atoms with Crippen LogP contribution in [0.15, 0.2) is 66.9 Å². The fourth-order valence-electron chi connectivity index (χ4n) is 4.83. The van der Waals surface area contributed by atoms with E-state index in [1.807, 2.05) is 0 Å². The molecule has 44 heavy (non-hydrogen) atoms. The maximum absolute atomic E-state index is 14.3. The minimum atomic E-state index is -5.38. The van der Waals surface area contributed by atoms with E-state index in [0.29, 0.717) is 12.1 Å². The van der Waals surface area contributed by atoms with E-state index >= 15 is 0 Å². The lowest BCUT2D eigenvalue weighted by atomic mass is 9.83. The molecule has 0 amide bonds. The lowest BCUT2D eigenvalue weighted by molar-refractivity contribution is -0.139. The van der Waals surface area contributed by atoms with Crippen molar-refractivity contribution in [3.05, 3.63) is 84.8 Å². The molecule has 0 aliphatic carbocycles. The summed E-state index contributed by atoms with van der Waals surface area (Å²) < 4.78 is 125. The fraction of sp³-hybridized carbons (Fsp3) is 0.231. The number of aromatic amines is 1. The zero-order chi connectivity index (χ0) is 32.7. The molecule has 3 aromatic carbocycles. The Bertz CT molecular complexity index is 2230. The monoisotopic (exact) mass is 644 g/mol. The highest BCUT2D eigenvalue weighted by Gasteiger charge is 2.40. The Morgan fingerprint density at radius 2 is 1.41 bits per heavy atom. The number of hydrogen-bond acceptors (Lipinski definition) is 7. The van der Waals surface area contributed by atoms with E-state index in [1.165, 1.54) is 6.07 Å². The Labute approximate surface area is 240 Å². The van der Waals surface area contributed by atoms with Crippen LogP contribution in [0.5, 0.6) is 0 Å². The van der Waals surface area contributed by atoms with Crippen LogP contribution in [-0.4, -0.2) is 27.5 Å². The quantitative estimate of drug-likeness (QED) is 0.138. The van der Waals surface area contributed by atoms with Crippen molar-refractivity contribution >= 4 is 31.9 Å². The molecular weight excluding hydrogens is 626 g/mol. The van der Waals surface area contributed by atoms with Crippen LogP contribution in [0.4, 0.5) is 26.3 Å². The van der Waals surface area contributed by atoms with E-state index in [9.17, 15) is 53.8 Å². The maximum atomic E-state index is 14.3. The van der Waals surface area contributed by atoms with Gasteiger partial charge in [0.15, 0.2) is 0 Å². The molecule has 2 heterocycles. The van der Waals surface area contributed by atoms with Gasteiger partial charge in [0.2, 0.25) is 0 Å². The number of benzene rings is 3. The van der Waals surface area contributed by atoms with Gasteiger partial charge in [-0.15, -0.1) is 9.65 Å². The Hall–Kier alpha value is -4.71. The average molecular weight is 645 g/mol. The van der Waals surface area contributed by atoms with Crippen molar-refractivity contribution in [2.24, 2.45) is 5.29 Å². The van der Waals surface area contributed by atoms with E-state index < -0.39 is 93.6 Å². The molecule has 2 aromatic heterocycles. The van der Waals surface area contributed by atoms with Crippen molar-refractivity contribution in [1.29, 1.82) is 0 Å². The molecule has 0 bridgehead atoms. The van der Waals surface area contributed by atoms with Crippen LogP contribution in [-0.2, 0) is 27.9 Å². The first kappa shape index (κ1) is 30.7. The molecule has 0 atom stereocenters. The number of nitrogens with zero attached hydrogens (tertiary/aromatic N) is 3. The summed E-state index contributed by atoms with van der Waals surface area (Å²) in [5, 5.41) is 2.77. The molecule has 232 valence electrons. The molecule has 18 heteroatoms. The molecule has 0 fully saturated rings. The molecule has 0 spiro atoms. The van der Waals surface area contributed by atoms with Crippen molar-refractivity contribution in [3.63, 3.8) is 0 Å². The topological polar surface area (TPSA) is 157 Å². The highest BCUT2D eigenvalue weighted by molar-refractivity contribution is 7.86. The van der Waals surface area contributed by atoms with Gasteiger partial charge in [0.25, 0.3) is 21.2 Å². The van der Waals surface area contributed by atoms with Gasteiger partial charge in [-0.3, -0.25) is 18.8 Å². The summed E-state index contributed by atoms with van der Waals surface area (Å²) in [6.45, 7) is 4.89. The van der Waals surface area contributed by atoms with E-state index in [0.717, 1.165) is 24.3 Å². The molecule has 11 nitrogen and oxygen atoms in total. The van der Waals surface area contributed by atoms with E-state index in [-0.39, 0.29) is 15.0 Å². The minimum Gasteiger partial charge on any atom is -0.286 e. The molecule has 0 saturated heterocycles. The summed E-state index contributed by atoms with van der Waals surface area (Å²) in [7, 11) is -5.38. The number of fused-ring (bicyclic) bond motifs is 2. The van der Waals surface area contributed by atoms with Crippen LogP contribution in [0.25, 0.3) is 38.6 Å². The third-order valence-electron chi connectivity index (χ3n) is 6.90. The van der Waals surface area contributed by atoms with Crippen molar-refractivity contribution in [2.75, 3.05) is 0 Å². The molecule has 5 aromatic rings. The van der Waals surface area contributed by atoms with Gasteiger partial charge in [-0.05, 0) is 46.4 Å². The summed E-state index contributed by atoms with van der Waals surface area (Å²) >= 11 is 0. The van der Waals surface area contributed by atoms with Crippen LogP contribution in [0, 0.1) is 4.91 Å². The van der Waals surface area contributed by atoms with Crippen LogP contribution >= 0.6 is 0 Å². The third kappa shape index (κ3) is 4.88. The van der Waals surface area contributed by atoms with Crippen molar-refractivity contribution in [2.45, 2.75) is 43.4 Å². The van der Waals surface area contributed by atoms with Gasteiger partial charge >= 0.3 is 12.4 Å². The lowest BCUT2D eigenvalue weighted by Crippen LogP contribution is -2.28. The van der Waals surface area contributed by atoms with Crippen molar-refractivity contribution < 1.29 is 43.9 Å². The molecular formula is C26H18F6N4O7S.